The first-order valence-corrected chi connectivity index (χ1v) is 11.4. The summed E-state index contributed by atoms with van der Waals surface area (Å²) in [5.41, 5.74) is 2.06. The molecule has 0 aromatic carbocycles. The zero-order valence-electron chi connectivity index (χ0n) is 18.1. The molecule has 26 heavy (non-hydrogen) atoms. The molecule has 0 saturated heterocycles. The van der Waals surface area contributed by atoms with Crippen molar-refractivity contribution in [3.8, 4) is 0 Å². The lowest BCUT2D eigenvalue weighted by atomic mass is 9.44. The molecule has 1 nitrogen and oxygen atoms in total. The number of ketones is 1. The third-order valence-corrected chi connectivity index (χ3v) is 9.96. The molecule has 3 fully saturated rings. The summed E-state index contributed by atoms with van der Waals surface area (Å²) < 4.78 is 0. The molecule has 4 aliphatic carbocycles. The van der Waals surface area contributed by atoms with Gasteiger partial charge in [-0.2, -0.15) is 0 Å². The smallest absolute Gasteiger partial charge is 0.158 e. The molecule has 1 heteroatoms. The van der Waals surface area contributed by atoms with Crippen LogP contribution in [0.4, 0.5) is 0 Å². The fourth-order valence-corrected chi connectivity index (χ4v) is 8.99. The summed E-state index contributed by atoms with van der Waals surface area (Å²) in [6, 6.07) is 0. The van der Waals surface area contributed by atoms with Crippen LogP contribution in [0.15, 0.2) is 11.6 Å². The van der Waals surface area contributed by atoms with Gasteiger partial charge in [0.25, 0.3) is 0 Å². The molecule has 0 N–H and O–H groups in total. The summed E-state index contributed by atoms with van der Waals surface area (Å²) in [6.07, 6.45) is 7.46. The quantitative estimate of drug-likeness (QED) is 0.532. The Morgan fingerprint density at radius 3 is 2.38 bits per heavy atom. The van der Waals surface area contributed by atoms with Crippen LogP contribution in [0.25, 0.3) is 0 Å². The minimum atomic E-state index is 0.212. The van der Waals surface area contributed by atoms with Gasteiger partial charge in [0.1, 0.15) is 0 Å². The van der Waals surface area contributed by atoms with E-state index in [9.17, 15) is 4.79 Å². The van der Waals surface area contributed by atoms with Gasteiger partial charge in [0, 0.05) is 5.92 Å². The molecule has 4 aliphatic rings. The lowest BCUT2D eigenvalue weighted by Gasteiger charge is -2.60. The number of carbonyl (C=O) groups excluding carboxylic acids is 1. The lowest BCUT2D eigenvalue weighted by molar-refractivity contribution is -0.125. The highest BCUT2D eigenvalue weighted by atomic mass is 16.1. The predicted molar refractivity (Wildman–Crippen MR) is 109 cm³/mol. The summed E-state index contributed by atoms with van der Waals surface area (Å²) in [7, 11) is 0. The Morgan fingerprint density at radius 1 is 1.04 bits per heavy atom. The van der Waals surface area contributed by atoms with Gasteiger partial charge < -0.3 is 0 Å². The monoisotopic (exact) mass is 356 g/mol. The van der Waals surface area contributed by atoms with Crippen LogP contribution in [-0.2, 0) is 4.79 Å². The number of rotatable bonds is 1. The van der Waals surface area contributed by atoms with Gasteiger partial charge in [0.15, 0.2) is 5.78 Å². The predicted octanol–water partition coefficient (Wildman–Crippen LogP) is 6.38. The highest BCUT2D eigenvalue weighted by molar-refractivity contribution is 5.93. The van der Waals surface area contributed by atoms with E-state index in [1.165, 1.54) is 31.3 Å². The molecule has 0 aromatic rings. The number of carbonyl (C=O) groups is 1. The van der Waals surface area contributed by atoms with E-state index in [1.54, 1.807) is 0 Å². The first-order chi connectivity index (χ1) is 12.2. The van der Waals surface area contributed by atoms with E-state index in [0.717, 1.165) is 41.4 Å². The van der Waals surface area contributed by atoms with Crippen LogP contribution in [0.2, 0.25) is 0 Å². The standard InChI is InChI=1S/C25H40O/c1-8-19-13(2)10-20-22-14(3)9-18-11-21(26)16(5)17(6)24(18)23(22)15(4)12-25(19,20)7/h11,13-17,19-20,22-24H,8-10,12H2,1-7H3/t13?,14-,15?,16?,17?,19+,20?,22?,23?,24?,25?/m1/s1. The number of hydrogen-bond acceptors (Lipinski definition) is 1. The van der Waals surface area contributed by atoms with Crippen LogP contribution in [0, 0.1) is 64.6 Å². The van der Waals surface area contributed by atoms with Gasteiger partial charge >= 0.3 is 0 Å². The van der Waals surface area contributed by atoms with E-state index >= 15 is 0 Å². The Kier molecular flexibility index (Phi) is 4.48. The molecule has 146 valence electrons. The van der Waals surface area contributed by atoms with Gasteiger partial charge in [-0.3, -0.25) is 4.79 Å². The van der Waals surface area contributed by atoms with Gasteiger partial charge in [-0.05, 0) is 84.0 Å². The first kappa shape index (κ1) is 18.8. The van der Waals surface area contributed by atoms with E-state index in [1.807, 2.05) is 0 Å². The molecular formula is C25H40O. The van der Waals surface area contributed by atoms with Crippen molar-refractivity contribution in [3.05, 3.63) is 11.6 Å². The van der Waals surface area contributed by atoms with Crippen LogP contribution in [0.5, 0.6) is 0 Å². The molecule has 0 heterocycles. The van der Waals surface area contributed by atoms with Crippen molar-refractivity contribution in [1.82, 2.24) is 0 Å². The van der Waals surface area contributed by atoms with Crippen LogP contribution >= 0.6 is 0 Å². The van der Waals surface area contributed by atoms with E-state index in [0.29, 0.717) is 23.0 Å². The van der Waals surface area contributed by atoms with Crippen molar-refractivity contribution in [1.29, 1.82) is 0 Å². The molecule has 0 radical (unpaired) electrons. The Hall–Kier alpha value is -0.590. The molecule has 11 atom stereocenters. The summed E-state index contributed by atoms with van der Waals surface area (Å²) in [4.78, 5) is 12.5. The van der Waals surface area contributed by atoms with Crippen molar-refractivity contribution in [3.63, 3.8) is 0 Å². The summed E-state index contributed by atoms with van der Waals surface area (Å²) >= 11 is 0. The molecular weight excluding hydrogens is 316 g/mol. The van der Waals surface area contributed by atoms with Crippen LogP contribution in [0.3, 0.4) is 0 Å². The van der Waals surface area contributed by atoms with E-state index < -0.39 is 0 Å². The average Bonchev–Trinajstić information content (AvgIpc) is 2.81. The Labute approximate surface area is 161 Å². The number of allylic oxidation sites excluding steroid dienone is 1. The lowest BCUT2D eigenvalue weighted by Crippen LogP contribution is -2.54. The fraction of sp³-hybridized carbons (Fsp3) is 0.880. The molecule has 0 amide bonds. The van der Waals surface area contributed by atoms with Crippen LogP contribution in [0.1, 0.15) is 74.1 Å². The summed E-state index contributed by atoms with van der Waals surface area (Å²) in [5.74, 6) is 7.69. The van der Waals surface area contributed by atoms with Gasteiger partial charge in [0.05, 0.1) is 0 Å². The largest absolute Gasteiger partial charge is 0.295 e. The second-order valence-corrected chi connectivity index (χ2v) is 11.2. The minimum absolute atomic E-state index is 0.212. The van der Waals surface area contributed by atoms with Crippen molar-refractivity contribution in [2.45, 2.75) is 74.1 Å². The van der Waals surface area contributed by atoms with E-state index in [2.05, 4.69) is 54.5 Å². The zero-order chi connectivity index (χ0) is 19.0. The van der Waals surface area contributed by atoms with E-state index in [4.69, 9.17) is 0 Å². The topological polar surface area (TPSA) is 17.1 Å². The van der Waals surface area contributed by atoms with Gasteiger partial charge in [0.2, 0.25) is 0 Å². The third-order valence-electron chi connectivity index (χ3n) is 9.96. The van der Waals surface area contributed by atoms with Gasteiger partial charge in [-0.15, -0.1) is 0 Å². The first-order valence-electron chi connectivity index (χ1n) is 11.4. The SMILES string of the molecule is CC[C@H]1C(C)CC2C3C(C(C)CC21C)C1C(=CC(=O)C(C)C1C)C[C@H]3C. The van der Waals surface area contributed by atoms with E-state index in [-0.39, 0.29) is 5.92 Å². The van der Waals surface area contributed by atoms with Gasteiger partial charge in [-0.25, -0.2) is 0 Å². The summed E-state index contributed by atoms with van der Waals surface area (Å²) in [5, 5.41) is 0. The maximum absolute atomic E-state index is 12.5. The maximum Gasteiger partial charge on any atom is 0.158 e. The van der Waals surface area contributed by atoms with Crippen LogP contribution < -0.4 is 0 Å². The highest BCUT2D eigenvalue weighted by Crippen LogP contribution is 2.68. The third kappa shape index (κ3) is 2.37. The number of hydrogen-bond donors (Lipinski definition) is 0. The molecule has 0 aliphatic heterocycles. The molecule has 9 unspecified atom stereocenters. The Balaban J connectivity index is 1.76. The van der Waals surface area contributed by atoms with Gasteiger partial charge in [-0.1, -0.05) is 60.5 Å². The Morgan fingerprint density at radius 2 is 1.73 bits per heavy atom. The Bertz CT molecular complexity index is 618. The summed E-state index contributed by atoms with van der Waals surface area (Å²) in [6.45, 7) is 17.2. The normalized spacial score (nSPS) is 56.4. The molecule has 0 aromatic heterocycles. The zero-order valence-corrected chi connectivity index (χ0v) is 18.1. The molecule has 0 spiro atoms. The van der Waals surface area contributed by atoms with Crippen molar-refractivity contribution < 1.29 is 4.79 Å². The fourth-order valence-electron chi connectivity index (χ4n) is 8.99. The highest BCUT2D eigenvalue weighted by Gasteiger charge is 2.61. The second-order valence-electron chi connectivity index (χ2n) is 11.2. The van der Waals surface area contributed by atoms with Crippen LogP contribution in [-0.4, -0.2) is 5.78 Å². The molecule has 3 saturated carbocycles. The van der Waals surface area contributed by atoms with Crippen molar-refractivity contribution in [2.75, 3.05) is 0 Å². The number of fused-ring (bicyclic) bond motifs is 5. The van der Waals surface area contributed by atoms with Crippen molar-refractivity contribution in [2.24, 2.45) is 64.6 Å². The van der Waals surface area contributed by atoms with Crippen molar-refractivity contribution >= 4 is 5.78 Å². The molecule has 0 bridgehead atoms. The maximum atomic E-state index is 12.5. The second kappa shape index (κ2) is 6.21. The molecule has 4 rings (SSSR count). The average molecular weight is 357 g/mol. The minimum Gasteiger partial charge on any atom is -0.295 e.